The molecule has 0 aromatic carbocycles. The van der Waals surface area contributed by atoms with Crippen molar-refractivity contribution in [1.29, 1.82) is 0 Å². The van der Waals surface area contributed by atoms with Gasteiger partial charge < -0.3 is 15.3 Å². The van der Waals surface area contributed by atoms with Gasteiger partial charge in [0.1, 0.15) is 0 Å². The standard InChI is InChI=1S/C16H26N2O3/c19-8-7-14(11-5-6-11)17-16(21)12-9-15(20)18(10-12)13-3-1-2-4-13/h11-14,19H,1-10H2,(H,17,21). The molecule has 0 aromatic rings. The molecule has 5 heteroatoms. The zero-order chi connectivity index (χ0) is 14.8. The number of hydrogen-bond acceptors (Lipinski definition) is 3. The zero-order valence-corrected chi connectivity index (χ0v) is 12.6. The maximum absolute atomic E-state index is 12.4. The number of nitrogens with zero attached hydrogens (tertiary/aromatic N) is 1. The van der Waals surface area contributed by atoms with Gasteiger partial charge in [0, 0.05) is 31.7 Å². The van der Waals surface area contributed by atoms with E-state index in [0.29, 0.717) is 31.3 Å². The quantitative estimate of drug-likeness (QED) is 0.769. The molecule has 0 radical (unpaired) electrons. The smallest absolute Gasteiger partial charge is 0.225 e. The van der Waals surface area contributed by atoms with Crippen LogP contribution in [-0.4, -0.2) is 47.1 Å². The highest BCUT2D eigenvalue weighted by atomic mass is 16.3. The van der Waals surface area contributed by atoms with Gasteiger partial charge in [-0.3, -0.25) is 9.59 Å². The second kappa shape index (κ2) is 6.34. The third kappa shape index (κ3) is 3.39. The van der Waals surface area contributed by atoms with E-state index in [1.807, 2.05) is 4.90 Å². The van der Waals surface area contributed by atoms with Crippen molar-refractivity contribution in [3.8, 4) is 0 Å². The molecule has 0 spiro atoms. The van der Waals surface area contributed by atoms with Gasteiger partial charge in [-0.1, -0.05) is 12.8 Å². The van der Waals surface area contributed by atoms with Crippen LogP contribution in [0.1, 0.15) is 51.4 Å². The average Bonchev–Trinajstić information content (AvgIpc) is 3.02. The molecule has 3 rings (SSSR count). The fourth-order valence-electron chi connectivity index (χ4n) is 3.84. The Labute approximate surface area is 126 Å². The Hall–Kier alpha value is -1.10. The van der Waals surface area contributed by atoms with Crippen LogP contribution in [0.2, 0.25) is 0 Å². The first kappa shape index (κ1) is 14.8. The third-order valence-corrected chi connectivity index (χ3v) is 5.25. The van der Waals surface area contributed by atoms with E-state index in [0.717, 1.165) is 25.7 Å². The Kier molecular flexibility index (Phi) is 4.48. The molecule has 2 N–H and O–H groups in total. The molecule has 2 saturated carbocycles. The lowest BCUT2D eigenvalue weighted by Crippen LogP contribution is -2.42. The first-order chi connectivity index (χ1) is 10.2. The van der Waals surface area contributed by atoms with Crippen LogP contribution in [0.5, 0.6) is 0 Å². The third-order valence-electron chi connectivity index (χ3n) is 5.25. The molecule has 3 aliphatic rings. The van der Waals surface area contributed by atoms with E-state index in [1.54, 1.807) is 0 Å². The van der Waals surface area contributed by atoms with Crippen molar-refractivity contribution in [2.24, 2.45) is 11.8 Å². The van der Waals surface area contributed by atoms with Crippen molar-refractivity contribution >= 4 is 11.8 Å². The van der Waals surface area contributed by atoms with Crippen LogP contribution in [0.15, 0.2) is 0 Å². The Bertz CT molecular complexity index is 402. The Morgan fingerprint density at radius 1 is 1.29 bits per heavy atom. The van der Waals surface area contributed by atoms with Gasteiger partial charge in [-0.05, 0) is 38.0 Å². The van der Waals surface area contributed by atoms with E-state index in [-0.39, 0.29) is 30.4 Å². The van der Waals surface area contributed by atoms with Crippen LogP contribution in [0.25, 0.3) is 0 Å². The number of aliphatic hydroxyl groups is 1. The van der Waals surface area contributed by atoms with Gasteiger partial charge >= 0.3 is 0 Å². The number of hydrogen-bond donors (Lipinski definition) is 2. The number of aliphatic hydroxyl groups excluding tert-OH is 1. The molecule has 2 amide bonds. The number of rotatable bonds is 6. The highest BCUT2D eigenvalue weighted by Gasteiger charge is 2.40. The fraction of sp³-hybridized carbons (Fsp3) is 0.875. The first-order valence-electron chi connectivity index (χ1n) is 8.39. The Morgan fingerprint density at radius 3 is 2.62 bits per heavy atom. The summed E-state index contributed by atoms with van der Waals surface area (Å²) in [7, 11) is 0. The topological polar surface area (TPSA) is 69.6 Å². The van der Waals surface area contributed by atoms with Crippen molar-refractivity contribution in [2.75, 3.05) is 13.2 Å². The molecule has 0 bridgehead atoms. The van der Waals surface area contributed by atoms with Crippen LogP contribution < -0.4 is 5.32 Å². The molecule has 2 unspecified atom stereocenters. The summed E-state index contributed by atoms with van der Waals surface area (Å²) >= 11 is 0. The number of carbonyl (C=O) groups is 2. The minimum absolute atomic E-state index is 0.00852. The molecular formula is C16H26N2O3. The van der Waals surface area contributed by atoms with Crippen LogP contribution >= 0.6 is 0 Å². The molecule has 1 aliphatic heterocycles. The van der Waals surface area contributed by atoms with Gasteiger partial charge in [0.05, 0.1) is 5.92 Å². The minimum Gasteiger partial charge on any atom is -0.396 e. The molecule has 0 aromatic heterocycles. The van der Waals surface area contributed by atoms with E-state index in [1.165, 1.54) is 12.8 Å². The lowest BCUT2D eigenvalue weighted by Gasteiger charge is -2.24. The van der Waals surface area contributed by atoms with E-state index in [4.69, 9.17) is 5.11 Å². The van der Waals surface area contributed by atoms with E-state index in [9.17, 15) is 9.59 Å². The molecule has 3 fully saturated rings. The SMILES string of the molecule is O=C(NC(CCO)C1CC1)C1CC(=O)N(C2CCCC2)C1. The molecular weight excluding hydrogens is 268 g/mol. The molecule has 118 valence electrons. The summed E-state index contributed by atoms with van der Waals surface area (Å²) in [5.74, 6) is 0.489. The second-order valence-corrected chi connectivity index (χ2v) is 6.85. The maximum Gasteiger partial charge on any atom is 0.225 e. The minimum atomic E-state index is -0.196. The normalized spacial score (nSPS) is 28.1. The summed E-state index contributed by atoms with van der Waals surface area (Å²) in [6.07, 6.45) is 7.86. The summed E-state index contributed by atoms with van der Waals surface area (Å²) in [4.78, 5) is 26.5. The zero-order valence-electron chi connectivity index (χ0n) is 12.6. The summed E-state index contributed by atoms with van der Waals surface area (Å²) < 4.78 is 0. The monoisotopic (exact) mass is 294 g/mol. The van der Waals surface area contributed by atoms with Gasteiger partial charge in [0.2, 0.25) is 11.8 Å². The van der Waals surface area contributed by atoms with Crippen LogP contribution in [0.4, 0.5) is 0 Å². The number of carbonyl (C=O) groups excluding carboxylic acids is 2. The Morgan fingerprint density at radius 2 is 2.00 bits per heavy atom. The highest BCUT2D eigenvalue weighted by Crippen LogP contribution is 2.34. The van der Waals surface area contributed by atoms with Gasteiger partial charge in [0.25, 0.3) is 0 Å². The van der Waals surface area contributed by atoms with Crippen molar-refractivity contribution < 1.29 is 14.7 Å². The maximum atomic E-state index is 12.4. The van der Waals surface area contributed by atoms with Gasteiger partial charge in [-0.2, -0.15) is 0 Å². The number of nitrogens with one attached hydrogen (secondary N) is 1. The average molecular weight is 294 g/mol. The molecule has 2 aliphatic carbocycles. The molecule has 21 heavy (non-hydrogen) atoms. The van der Waals surface area contributed by atoms with E-state index >= 15 is 0 Å². The summed E-state index contributed by atoms with van der Waals surface area (Å²) in [6, 6.07) is 0.463. The predicted molar refractivity (Wildman–Crippen MR) is 78.4 cm³/mol. The number of likely N-dealkylation sites (tertiary alicyclic amines) is 1. The summed E-state index contributed by atoms with van der Waals surface area (Å²) in [6.45, 7) is 0.699. The van der Waals surface area contributed by atoms with Crippen LogP contribution in [-0.2, 0) is 9.59 Å². The second-order valence-electron chi connectivity index (χ2n) is 6.85. The summed E-state index contributed by atoms with van der Waals surface area (Å²) in [5.41, 5.74) is 0. The largest absolute Gasteiger partial charge is 0.396 e. The van der Waals surface area contributed by atoms with Gasteiger partial charge in [-0.15, -0.1) is 0 Å². The lowest BCUT2D eigenvalue weighted by atomic mass is 10.0. The van der Waals surface area contributed by atoms with E-state index in [2.05, 4.69) is 5.32 Å². The molecule has 2 atom stereocenters. The van der Waals surface area contributed by atoms with Gasteiger partial charge in [-0.25, -0.2) is 0 Å². The Balaban J connectivity index is 1.54. The lowest BCUT2D eigenvalue weighted by molar-refractivity contribution is -0.130. The fourth-order valence-corrected chi connectivity index (χ4v) is 3.84. The van der Waals surface area contributed by atoms with E-state index < -0.39 is 0 Å². The van der Waals surface area contributed by atoms with Gasteiger partial charge in [0.15, 0.2) is 0 Å². The van der Waals surface area contributed by atoms with Crippen molar-refractivity contribution in [3.05, 3.63) is 0 Å². The first-order valence-corrected chi connectivity index (χ1v) is 8.39. The molecule has 1 heterocycles. The predicted octanol–water partition coefficient (Wildman–Crippen LogP) is 1.05. The highest BCUT2D eigenvalue weighted by molar-refractivity contribution is 5.89. The molecule has 1 saturated heterocycles. The van der Waals surface area contributed by atoms with Crippen LogP contribution in [0.3, 0.4) is 0 Å². The summed E-state index contributed by atoms with van der Waals surface area (Å²) in [5, 5.41) is 12.2. The van der Waals surface area contributed by atoms with Crippen molar-refractivity contribution in [2.45, 2.75) is 63.5 Å². The molecule has 5 nitrogen and oxygen atoms in total. The number of amides is 2. The van der Waals surface area contributed by atoms with Crippen molar-refractivity contribution in [3.63, 3.8) is 0 Å². The van der Waals surface area contributed by atoms with Crippen LogP contribution in [0, 0.1) is 11.8 Å². The van der Waals surface area contributed by atoms with Crippen molar-refractivity contribution in [1.82, 2.24) is 10.2 Å².